The van der Waals surface area contributed by atoms with Crippen molar-refractivity contribution in [2.45, 2.75) is 45.4 Å². The van der Waals surface area contributed by atoms with Gasteiger partial charge in [0.1, 0.15) is 0 Å². The Morgan fingerprint density at radius 3 is 2.11 bits per heavy atom. The van der Waals surface area contributed by atoms with E-state index in [1.807, 2.05) is 0 Å². The second-order valence-electron chi connectivity index (χ2n) is 9.20. The average Bonchev–Trinajstić information content (AvgIpc) is 2.89. The van der Waals surface area contributed by atoms with Crippen molar-refractivity contribution in [3.8, 4) is 11.1 Å². The van der Waals surface area contributed by atoms with Gasteiger partial charge in [-0.2, -0.15) is 0 Å². The van der Waals surface area contributed by atoms with Crippen LogP contribution in [0.2, 0.25) is 0 Å². The largest absolute Gasteiger partial charge is 0.0905 e. The van der Waals surface area contributed by atoms with E-state index in [0.29, 0.717) is 0 Å². The van der Waals surface area contributed by atoms with E-state index < -0.39 is 0 Å². The van der Waals surface area contributed by atoms with Crippen molar-refractivity contribution < 1.29 is 1.43 Å². The fourth-order valence-electron chi connectivity index (χ4n) is 4.43. The van der Waals surface area contributed by atoms with Gasteiger partial charge in [0.25, 0.3) is 0 Å². The van der Waals surface area contributed by atoms with E-state index in [0.717, 1.165) is 5.57 Å². The molecule has 0 radical (unpaired) electrons. The highest BCUT2D eigenvalue weighted by Crippen LogP contribution is 2.51. The first-order valence-electron chi connectivity index (χ1n) is 9.75. The highest BCUT2D eigenvalue weighted by Gasteiger charge is 2.37. The van der Waals surface area contributed by atoms with Crippen molar-refractivity contribution in [2.75, 3.05) is 0 Å². The first kappa shape index (κ1) is 17.8. The zero-order chi connectivity index (χ0) is 19.4. The third-order valence-corrected chi connectivity index (χ3v) is 6.00. The van der Waals surface area contributed by atoms with Gasteiger partial charge < -0.3 is 0 Å². The van der Waals surface area contributed by atoms with Crippen molar-refractivity contribution in [1.82, 2.24) is 0 Å². The highest BCUT2D eigenvalue weighted by atomic mass is 14.4. The fraction of sp³-hybridized carbons (Fsp3) is 0.259. The van der Waals surface area contributed by atoms with Crippen molar-refractivity contribution in [1.29, 1.82) is 0 Å². The van der Waals surface area contributed by atoms with Crippen LogP contribution < -0.4 is 0 Å². The summed E-state index contributed by atoms with van der Waals surface area (Å²) >= 11 is 0. The molecule has 0 heteroatoms. The summed E-state index contributed by atoms with van der Waals surface area (Å²) in [4.78, 5) is 0. The molecule has 1 aliphatic carbocycles. The zero-order valence-electron chi connectivity index (χ0n) is 17.1. The van der Waals surface area contributed by atoms with Gasteiger partial charge in [0.2, 0.25) is 0 Å². The molecule has 138 valence electrons. The lowest BCUT2D eigenvalue weighted by atomic mass is 9.78. The van der Waals surface area contributed by atoms with Gasteiger partial charge in [0.05, 0.1) is 0 Å². The van der Waals surface area contributed by atoms with Crippen LogP contribution >= 0.6 is 0 Å². The summed E-state index contributed by atoms with van der Waals surface area (Å²) in [5, 5.41) is 0. The molecule has 0 aliphatic heterocycles. The molecule has 4 rings (SSSR count). The summed E-state index contributed by atoms with van der Waals surface area (Å²) in [7, 11) is 0. The Hall–Kier alpha value is -2.60. The van der Waals surface area contributed by atoms with Crippen molar-refractivity contribution in [3.63, 3.8) is 0 Å². The molecule has 0 aromatic heterocycles. The minimum absolute atomic E-state index is 0. The molecule has 0 atom stereocenters. The Kier molecular flexibility index (Phi) is 3.93. The van der Waals surface area contributed by atoms with Gasteiger partial charge in [-0.05, 0) is 49.9 Å². The molecule has 3 aromatic rings. The molecule has 0 fully saturated rings. The van der Waals surface area contributed by atoms with E-state index in [2.05, 4.69) is 108 Å². The SMILES string of the molecule is C=C(c1ccc(C(C)(C)C)cc1)c1cccc2c1C(C)(C)c1ccccc1-2.[HH]. The number of benzene rings is 3. The lowest BCUT2D eigenvalue weighted by molar-refractivity contribution is 0.590. The van der Waals surface area contributed by atoms with Gasteiger partial charge in [-0.25, -0.2) is 0 Å². The Labute approximate surface area is 165 Å². The molecule has 0 saturated carbocycles. The topological polar surface area (TPSA) is 0 Å². The van der Waals surface area contributed by atoms with Crippen LogP contribution in [0.25, 0.3) is 16.7 Å². The number of hydrogen-bond acceptors (Lipinski definition) is 0. The summed E-state index contributed by atoms with van der Waals surface area (Å²) in [5.74, 6) is 0. The third kappa shape index (κ3) is 2.75. The molecule has 0 bridgehead atoms. The van der Waals surface area contributed by atoms with E-state index in [1.54, 1.807) is 0 Å². The van der Waals surface area contributed by atoms with E-state index in [1.165, 1.54) is 38.9 Å². The first-order chi connectivity index (χ1) is 12.7. The molecule has 0 N–H and O–H groups in total. The Balaban J connectivity index is 0.00000225. The van der Waals surface area contributed by atoms with Crippen LogP contribution in [0.3, 0.4) is 0 Å². The molecule has 0 heterocycles. The van der Waals surface area contributed by atoms with Crippen molar-refractivity contribution in [2.24, 2.45) is 0 Å². The van der Waals surface area contributed by atoms with Crippen LogP contribution in [-0.4, -0.2) is 0 Å². The molecule has 1 aliphatic rings. The quantitative estimate of drug-likeness (QED) is 0.444. The van der Waals surface area contributed by atoms with Gasteiger partial charge in [0, 0.05) is 6.84 Å². The molecule has 0 unspecified atom stereocenters. The molecule has 0 amide bonds. The van der Waals surface area contributed by atoms with Crippen LogP contribution in [-0.2, 0) is 10.8 Å². The first-order valence-corrected chi connectivity index (χ1v) is 9.75. The summed E-state index contributed by atoms with van der Waals surface area (Å²) in [6.07, 6.45) is 0. The van der Waals surface area contributed by atoms with Gasteiger partial charge in [-0.15, -0.1) is 0 Å². The van der Waals surface area contributed by atoms with Crippen LogP contribution in [0, 0.1) is 0 Å². The monoisotopic (exact) mass is 354 g/mol. The van der Waals surface area contributed by atoms with E-state index in [4.69, 9.17) is 0 Å². The van der Waals surface area contributed by atoms with Gasteiger partial charge in [0.15, 0.2) is 0 Å². The summed E-state index contributed by atoms with van der Waals surface area (Å²) in [6.45, 7) is 15.9. The maximum Gasteiger partial charge on any atom is 0.0165 e. The Morgan fingerprint density at radius 2 is 1.44 bits per heavy atom. The van der Waals surface area contributed by atoms with Crippen molar-refractivity contribution in [3.05, 3.63) is 101 Å². The van der Waals surface area contributed by atoms with Gasteiger partial charge in [-0.1, -0.05) is 108 Å². The van der Waals surface area contributed by atoms with Crippen molar-refractivity contribution >= 4 is 5.57 Å². The van der Waals surface area contributed by atoms with Crippen LogP contribution in [0.5, 0.6) is 0 Å². The number of rotatable bonds is 2. The Morgan fingerprint density at radius 1 is 0.815 bits per heavy atom. The number of fused-ring (bicyclic) bond motifs is 3. The molecular formula is C27H30. The summed E-state index contributed by atoms with van der Waals surface area (Å²) in [6, 6.07) is 24.4. The standard InChI is InChI=1S/C27H28.H2/c1-18(19-14-16-20(17-15-19)26(2,3)4)21-11-9-12-23-22-10-7-8-13-24(22)27(5,6)25(21)23;/h7-17H,1H2,2-6H3;1H. The molecule has 27 heavy (non-hydrogen) atoms. The second-order valence-corrected chi connectivity index (χ2v) is 9.20. The molecular weight excluding hydrogens is 324 g/mol. The lowest BCUT2D eigenvalue weighted by Gasteiger charge is -2.25. The maximum absolute atomic E-state index is 4.49. The zero-order valence-corrected chi connectivity index (χ0v) is 17.1. The highest BCUT2D eigenvalue weighted by molar-refractivity contribution is 5.89. The summed E-state index contributed by atoms with van der Waals surface area (Å²) in [5.41, 5.74) is 10.6. The fourth-order valence-corrected chi connectivity index (χ4v) is 4.43. The number of hydrogen-bond donors (Lipinski definition) is 0. The predicted octanol–water partition coefficient (Wildman–Crippen LogP) is 7.60. The predicted molar refractivity (Wildman–Crippen MR) is 119 cm³/mol. The van der Waals surface area contributed by atoms with Gasteiger partial charge in [-0.3, -0.25) is 0 Å². The van der Waals surface area contributed by atoms with Crippen LogP contribution in [0.15, 0.2) is 73.3 Å². The summed E-state index contributed by atoms with van der Waals surface area (Å²) < 4.78 is 0. The van der Waals surface area contributed by atoms with Crippen LogP contribution in [0.1, 0.15) is 63.9 Å². The Bertz CT molecular complexity index is 1030. The maximum atomic E-state index is 4.49. The molecule has 0 nitrogen and oxygen atoms in total. The molecule has 3 aromatic carbocycles. The minimum Gasteiger partial charge on any atom is -0.0905 e. The van der Waals surface area contributed by atoms with Gasteiger partial charge >= 0.3 is 0 Å². The minimum atomic E-state index is -0.0171. The second kappa shape index (κ2) is 5.96. The normalized spacial score (nSPS) is 14.6. The van der Waals surface area contributed by atoms with E-state index in [9.17, 15) is 0 Å². The van der Waals surface area contributed by atoms with Crippen LogP contribution in [0.4, 0.5) is 0 Å². The lowest BCUT2D eigenvalue weighted by Crippen LogP contribution is -2.17. The third-order valence-electron chi connectivity index (χ3n) is 6.00. The smallest absolute Gasteiger partial charge is 0.0165 e. The molecule has 0 saturated heterocycles. The van der Waals surface area contributed by atoms with E-state index >= 15 is 0 Å². The average molecular weight is 355 g/mol. The van der Waals surface area contributed by atoms with E-state index in [-0.39, 0.29) is 12.3 Å². The molecule has 0 spiro atoms.